The fraction of sp³-hybridized carbons (Fsp3) is 0.467. The summed E-state index contributed by atoms with van der Waals surface area (Å²) in [4.78, 5) is 11.0. The van der Waals surface area contributed by atoms with E-state index in [-0.39, 0.29) is 5.56 Å². The minimum atomic E-state index is -0.980. The molecule has 1 aromatic carbocycles. The molecule has 1 aliphatic carbocycles. The van der Waals surface area contributed by atoms with E-state index in [2.05, 4.69) is 10.6 Å². The van der Waals surface area contributed by atoms with Gasteiger partial charge in [0.1, 0.15) is 5.75 Å². The molecule has 6 heteroatoms. The zero-order chi connectivity index (χ0) is 15.2. The average Bonchev–Trinajstić information content (AvgIpc) is 2.48. The second kappa shape index (κ2) is 7.26. The van der Waals surface area contributed by atoms with Crippen molar-refractivity contribution >= 4 is 29.0 Å². The SMILES string of the molecule is COc1ccc(C(=O)O)cc1NC(=S)NC1CCCCC1. The number of carboxylic acids is 1. The second-order valence-electron chi connectivity index (χ2n) is 5.15. The third-order valence-electron chi connectivity index (χ3n) is 3.64. The molecule has 0 aromatic heterocycles. The first-order valence-electron chi connectivity index (χ1n) is 7.09. The van der Waals surface area contributed by atoms with E-state index in [1.165, 1.54) is 31.4 Å². The minimum absolute atomic E-state index is 0.193. The highest BCUT2D eigenvalue weighted by Gasteiger charge is 2.15. The Labute approximate surface area is 129 Å². The Morgan fingerprint density at radius 1 is 1.33 bits per heavy atom. The van der Waals surface area contributed by atoms with Gasteiger partial charge in [-0.05, 0) is 43.3 Å². The van der Waals surface area contributed by atoms with E-state index in [1.807, 2.05) is 0 Å². The molecule has 0 amide bonds. The summed E-state index contributed by atoms with van der Waals surface area (Å²) in [6, 6.07) is 5.04. The lowest BCUT2D eigenvalue weighted by atomic mass is 9.96. The summed E-state index contributed by atoms with van der Waals surface area (Å²) in [5, 5.41) is 15.9. The van der Waals surface area contributed by atoms with Crippen molar-refractivity contribution in [2.45, 2.75) is 38.1 Å². The number of ether oxygens (including phenoxy) is 1. The van der Waals surface area contributed by atoms with Crippen LogP contribution in [0.5, 0.6) is 5.75 Å². The van der Waals surface area contributed by atoms with Crippen molar-refractivity contribution in [2.24, 2.45) is 0 Å². The topological polar surface area (TPSA) is 70.6 Å². The van der Waals surface area contributed by atoms with Gasteiger partial charge >= 0.3 is 5.97 Å². The molecule has 0 spiro atoms. The number of hydrogen-bond donors (Lipinski definition) is 3. The van der Waals surface area contributed by atoms with E-state index >= 15 is 0 Å². The number of methoxy groups -OCH3 is 1. The number of carboxylic acid groups (broad SMARTS) is 1. The van der Waals surface area contributed by atoms with Crippen molar-refractivity contribution in [2.75, 3.05) is 12.4 Å². The van der Waals surface area contributed by atoms with Gasteiger partial charge in [-0.15, -0.1) is 0 Å². The molecule has 21 heavy (non-hydrogen) atoms. The van der Waals surface area contributed by atoms with Gasteiger partial charge in [-0.2, -0.15) is 0 Å². The van der Waals surface area contributed by atoms with Gasteiger partial charge in [0.15, 0.2) is 5.11 Å². The molecule has 3 N–H and O–H groups in total. The van der Waals surface area contributed by atoms with E-state index in [9.17, 15) is 4.79 Å². The van der Waals surface area contributed by atoms with Crippen molar-refractivity contribution in [3.05, 3.63) is 23.8 Å². The normalized spacial score (nSPS) is 15.3. The molecule has 114 valence electrons. The van der Waals surface area contributed by atoms with Gasteiger partial charge in [0.2, 0.25) is 0 Å². The standard InChI is InChI=1S/C15H20N2O3S/c1-20-13-8-7-10(14(18)19)9-12(13)17-15(21)16-11-5-3-2-4-6-11/h7-9,11H,2-6H2,1H3,(H,18,19)(H2,16,17,21). The van der Waals surface area contributed by atoms with Crippen LogP contribution < -0.4 is 15.4 Å². The van der Waals surface area contributed by atoms with Gasteiger partial charge in [-0.3, -0.25) is 0 Å². The van der Waals surface area contributed by atoms with Crippen LogP contribution in [0.4, 0.5) is 5.69 Å². The highest BCUT2D eigenvalue weighted by atomic mass is 32.1. The van der Waals surface area contributed by atoms with Crippen molar-refractivity contribution < 1.29 is 14.6 Å². The molecular weight excluding hydrogens is 288 g/mol. The Morgan fingerprint density at radius 2 is 2.05 bits per heavy atom. The van der Waals surface area contributed by atoms with Crippen LogP contribution in [-0.2, 0) is 0 Å². The summed E-state index contributed by atoms with van der Waals surface area (Å²) in [5.74, 6) is -0.417. The molecule has 0 aliphatic heterocycles. The lowest BCUT2D eigenvalue weighted by molar-refractivity contribution is 0.0697. The molecule has 2 rings (SSSR count). The Balaban J connectivity index is 2.04. The largest absolute Gasteiger partial charge is 0.495 e. The maximum absolute atomic E-state index is 11.0. The van der Waals surface area contributed by atoms with Crippen LogP contribution >= 0.6 is 12.2 Å². The van der Waals surface area contributed by atoms with E-state index in [1.54, 1.807) is 13.2 Å². The van der Waals surface area contributed by atoms with Crippen LogP contribution in [0.2, 0.25) is 0 Å². The summed E-state index contributed by atoms with van der Waals surface area (Å²) in [7, 11) is 1.54. The predicted molar refractivity (Wildman–Crippen MR) is 86.2 cm³/mol. The van der Waals surface area contributed by atoms with Crippen LogP contribution in [0.1, 0.15) is 42.5 Å². The molecule has 1 aliphatic rings. The first-order chi connectivity index (χ1) is 10.1. The van der Waals surface area contributed by atoms with E-state index < -0.39 is 5.97 Å². The van der Waals surface area contributed by atoms with Gasteiger partial charge < -0.3 is 20.5 Å². The summed E-state index contributed by atoms with van der Waals surface area (Å²) in [6.45, 7) is 0. The zero-order valence-corrected chi connectivity index (χ0v) is 12.8. The molecule has 0 heterocycles. The average molecular weight is 308 g/mol. The number of thiocarbonyl (C=S) groups is 1. The molecule has 5 nitrogen and oxygen atoms in total. The van der Waals surface area contributed by atoms with E-state index in [0.29, 0.717) is 22.6 Å². The molecule has 0 radical (unpaired) electrons. The van der Waals surface area contributed by atoms with Crippen LogP contribution in [0.25, 0.3) is 0 Å². The van der Waals surface area contributed by atoms with Crippen LogP contribution in [0.3, 0.4) is 0 Å². The lowest BCUT2D eigenvalue weighted by Gasteiger charge is -2.24. The highest BCUT2D eigenvalue weighted by molar-refractivity contribution is 7.80. The van der Waals surface area contributed by atoms with E-state index in [0.717, 1.165) is 12.8 Å². The summed E-state index contributed by atoms with van der Waals surface area (Å²) >= 11 is 5.31. The number of benzene rings is 1. The number of hydrogen-bond acceptors (Lipinski definition) is 3. The quantitative estimate of drug-likeness (QED) is 0.743. The Kier molecular flexibility index (Phi) is 5.38. The Morgan fingerprint density at radius 3 is 2.67 bits per heavy atom. The first-order valence-corrected chi connectivity index (χ1v) is 7.50. The van der Waals surface area contributed by atoms with Crippen LogP contribution in [-0.4, -0.2) is 29.3 Å². The zero-order valence-electron chi connectivity index (χ0n) is 12.0. The minimum Gasteiger partial charge on any atom is -0.495 e. The number of aromatic carboxylic acids is 1. The number of carbonyl (C=O) groups is 1. The fourth-order valence-electron chi connectivity index (χ4n) is 2.53. The second-order valence-corrected chi connectivity index (χ2v) is 5.56. The molecule has 1 saturated carbocycles. The number of nitrogens with one attached hydrogen (secondary N) is 2. The molecule has 0 unspecified atom stereocenters. The molecule has 1 aromatic rings. The van der Waals surface area contributed by atoms with Gasteiger partial charge in [0, 0.05) is 6.04 Å². The molecule has 0 atom stereocenters. The smallest absolute Gasteiger partial charge is 0.335 e. The predicted octanol–water partition coefficient (Wildman–Crippen LogP) is 3.01. The highest BCUT2D eigenvalue weighted by Crippen LogP contribution is 2.26. The summed E-state index contributed by atoms with van der Waals surface area (Å²) < 4.78 is 5.23. The van der Waals surface area contributed by atoms with Crippen molar-refractivity contribution in [3.8, 4) is 5.75 Å². The van der Waals surface area contributed by atoms with Crippen molar-refractivity contribution in [3.63, 3.8) is 0 Å². The van der Waals surface area contributed by atoms with Gasteiger partial charge in [0.25, 0.3) is 0 Å². The Hall–Kier alpha value is -1.82. The summed E-state index contributed by atoms with van der Waals surface area (Å²) in [5.41, 5.74) is 0.754. The van der Waals surface area contributed by atoms with Crippen molar-refractivity contribution in [1.82, 2.24) is 5.32 Å². The Bertz CT molecular complexity index is 528. The molecule has 0 saturated heterocycles. The third-order valence-corrected chi connectivity index (χ3v) is 3.85. The number of anilines is 1. The van der Waals surface area contributed by atoms with Gasteiger partial charge in [-0.1, -0.05) is 19.3 Å². The van der Waals surface area contributed by atoms with Crippen molar-refractivity contribution in [1.29, 1.82) is 0 Å². The monoisotopic (exact) mass is 308 g/mol. The number of rotatable bonds is 4. The first kappa shape index (κ1) is 15.6. The lowest BCUT2D eigenvalue weighted by Crippen LogP contribution is -2.38. The summed E-state index contributed by atoms with van der Waals surface area (Å²) in [6.07, 6.45) is 5.96. The molecule has 0 bridgehead atoms. The van der Waals surface area contributed by atoms with Gasteiger partial charge in [0.05, 0.1) is 18.4 Å². The maximum atomic E-state index is 11.0. The molecule has 1 fully saturated rings. The van der Waals surface area contributed by atoms with Crippen LogP contribution in [0.15, 0.2) is 18.2 Å². The fourth-order valence-corrected chi connectivity index (χ4v) is 2.81. The maximum Gasteiger partial charge on any atom is 0.335 e. The van der Waals surface area contributed by atoms with Gasteiger partial charge in [-0.25, -0.2) is 4.79 Å². The molecular formula is C15H20N2O3S. The third kappa shape index (κ3) is 4.32. The van der Waals surface area contributed by atoms with E-state index in [4.69, 9.17) is 22.1 Å². The van der Waals surface area contributed by atoms with Crippen LogP contribution in [0, 0.1) is 0 Å².